The van der Waals surface area contributed by atoms with Crippen LogP contribution in [0.5, 0.6) is 0 Å². The number of imidazole rings is 1. The minimum absolute atomic E-state index is 0.0116. The fraction of sp³-hybridized carbons (Fsp3) is 0.545. The van der Waals surface area contributed by atoms with Crippen molar-refractivity contribution in [3.63, 3.8) is 0 Å². The highest BCUT2D eigenvalue weighted by molar-refractivity contribution is 7.89. The van der Waals surface area contributed by atoms with Gasteiger partial charge < -0.3 is 9.80 Å². The number of hydrogen-bond acceptors (Lipinski definition) is 8. The maximum absolute atomic E-state index is 13.5. The molecule has 1 aliphatic carbocycles. The number of carbonyl (C=O) groups excluding carboxylic acids is 1. The second-order valence-corrected chi connectivity index (χ2v) is 11.6. The number of fused-ring (bicyclic) bond motifs is 1. The second-order valence-electron chi connectivity index (χ2n) is 8.87. The maximum atomic E-state index is 13.5. The number of anilines is 1. The molecule has 36 heavy (non-hydrogen) atoms. The van der Waals surface area contributed by atoms with Crippen LogP contribution in [0.1, 0.15) is 48.6 Å². The van der Waals surface area contributed by atoms with Crippen LogP contribution >= 0.6 is 11.3 Å². The van der Waals surface area contributed by atoms with Crippen LogP contribution < -0.4 is 9.62 Å². The van der Waals surface area contributed by atoms with Gasteiger partial charge in [0.05, 0.1) is 17.4 Å². The summed E-state index contributed by atoms with van der Waals surface area (Å²) in [6, 6.07) is -0.599. The molecule has 1 atom stereocenters. The van der Waals surface area contributed by atoms with Crippen molar-refractivity contribution in [2.24, 2.45) is 5.92 Å². The molecule has 2 fully saturated rings. The standard InChI is InChI=1S/C22H27F2N7O3S2/c1-13(2)22(32)30-8-6-29(7-9-30)16-10-15(36(33,34)28-14-4-3-5-14)12-31-17(16)11-25-19(31)21-27-26-20(35-21)18(23)24/h10-14,18,28H,3-9H2,1-2H3/i4D2,14D. The Morgan fingerprint density at radius 2 is 2.03 bits per heavy atom. The number of nitrogens with zero attached hydrogens (tertiary/aromatic N) is 6. The average Bonchev–Trinajstić information content (AvgIpc) is 3.54. The van der Waals surface area contributed by atoms with Crippen molar-refractivity contribution >= 4 is 38.5 Å². The molecular weight excluding hydrogens is 512 g/mol. The van der Waals surface area contributed by atoms with Gasteiger partial charge in [-0.15, -0.1) is 10.2 Å². The number of amides is 1. The second kappa shape index (κ2) is 9.63. The lowest BCUT2D eigenvalue weighted by Gasteiger charge is -2.37. The van der Waals surface area contributed by atoms with Gasteiger partial charge in [0.1, 0.15) is 4.90 Å². The molecule has 2 aliphatic rings. The van der Waals surface area contributed by atoms with Crippen LogP contribution in [-0.2, 0) is 14.8 Å². The monoisotopic (exact) mass is 542 g/mol. The van der Waals surface area contributed by atoms with Gasteiger partial charge >= 0.3 is 0 Å². The Bertz CT molecular complexity index is 1520. The molecule has 4 heterocycles. The summed E-state index contributed by atoms with van der Waals surface area (Å²) in [4.78, 5) is 20.2. The zero-order valence-electron chi connectivity index (χ0n) is 22.6. The number of alkyl halides is 2. The van der Waals surface area contributed by atoms with Crippen LogP contribution in [-0.4, -0.2) is 71.0 Å². The zero-order valence-corrected chi connectivity index (χ0v) is 21.2. The minimum atomic E-state index is -4.39. The van der Waals surface area contributed by atoms with Gasteiger partial charge in [0.2, 0.25) is 15.9 Å². The number of piperazine rings is 1. The van der Waals surface area contributed by atoms with Crippen molar-refractivity contribution < 1.29 is 26.1 Å². The first-order valence-corrected chi connectivity index (χ1v) is 13.7. The van der Waals surface area contributed by atoms with E-state index in [1.54, 1.807) is 4.90 Å². The van der Waals surface area contributed by atoms with Gasteiger partial charge in [-0.1, -0.05) is 31.6 Å². The molecule has 0 spiro atoms. The van der Waals surface area contributed by atoms with E-state index in [0.717, 1.165) is 0 Å². The quantitative estimate of drug-likeness (QED) is 0.489. The topological polar surface area (TPSA) is 113 Å². The van der Waals surface area contributed by atoms with Crippen molar-refractivity contribution in [3.05, 3.63) is 23.5 Å². The number of sulfonamides is 1. The number of aromatic nitrogens is 4. The van der Waals surface area contributed by atoms with Crippen molar-refractivity contribution in [1.29, 1.82) is 0 Å². The van der Waals surface area contributed by atoms with Gasteiger partial charge in [-0.2, -0.15) is 0 Å². The van der Waals surface area contributed by atoms with Gasteiger partial charge in [-0.25, -0.2) is 26.9 Å². The van der Waals surface area contributed by atoms with E-state index >= 15 is 0 Å². The van der Waals surface area contributed by atoms with Crippen LogP contribution in [0.25, 0.3) is 16.3 Å². The number of carbonyl (C=O) groups is 1. The van der Waals surface area contributed by atoms with Crippen LogP contribution in [0.15, 0.2) is 23.4 Å². The fourth-order valence-corrected chi connectivity index (χ4v) is 5.94. The Labute approximate surface area is 215 Å². The molecular formula is C22H27F2N7O3S2. The lowest BCUT2D eigenvalue weighted by molar-refractivity contribution is -0.134. The Balaban J connectivity index is 1.57. The normalized spacial score (nSPS) is 23.6. The van der Waals surface area contributed by atoms with E-state index in [1.165, 1.54) is 22.9 Å². The van der Waals surface area contributed by atoms with Crippen LogP contribution in [0.4, 0.5) is 14.5 Å². The van der Waals surface area contributed by atoms with Crippen molar-refractivity contribution in [1.82, 2.24) is 29.2 Å². The van der Waals surface area contributed by atoms with Crippen molar-refractivity contribution in [2.75, 3.05) is 31.1 Å². The molecule has 10 nitrogen and oxygen atoms in total. The third-order valence-electron chi connectivity index (χ3n) is 6.12. The lowest BCUT2D eigenvalue weighted by Crippen LogP contribution is -2.50. The Morgan fingerprint density at radius 1 is 1.28 bits per heavy atom. The molecule has 0 aromatic carbocycles. The Morgan fingerprint density at radius 3 is 2.61 bits per heavy atom. The fourth-order valence-electron chi connectivity index (χ4n) is 4.12. The molecule has 1 unspecified atom stereocenters. The molecule has 3 aromatic rings. The number of pyridine rings is 1. The van der Waals surface area contributed by atoms with E-state index in [2.05, 4.69) is 19.9 Å². The van der Waals surface area contributed by atoms with Gasteiger partial charge in [0.15, 0.2) is 15.8 Å². The molecule has 0 bridgehead atoms. The third-order valence-corrected chi connectivity index (χ3v) is 8.41. The number of hydrogen-bond donors (Lipinski definition) is 1. The Hall–Kier alpha value is -2.71. The van der Waals surface area contributed by atoms with E-state index in [4.69, 9.17) is 4.11 Å². The van der Waals surface area contributed by atoms with E-state index < -0.39 is 33.8 Å². The first-order valence-electron chi connectivity index (χ1n) is 12.9. The molecule has 1 saturated carbocycles. The number of halogens is 2. The molecule has 1 saturated heterocycles. The summed E-state index contributed by atoms with van der Waals surface area (Å²) in [5.74, 6) is -0.0235. The molecule has 3 aromatic heterocycles. The first-order chi connectivity index (χ1) is 18.2. The smallest absolute Gasteiger partial charge is 0.291 e. The van der Waals surface area contributed by atoms with Crippen LogP contribution in [0.3, 0.4) is 0 Å². The summed E-state index contributed by atoms with van der Waals surface area (Å²) >= 11 is 0.639. The highest BCUT2D eigenvalue weighted by Gasteiger charge is 2.29. The molecule has 1 aliphatic heterocycles. The molecule has 194 valence electrons. The molecule has 0 radical (unpaired) electrons. The van der Waals surface area contributed by atoms with Crippen LogP contribution in [0.2, 0.25) is 0 Å². The summed E-state index contributed by atoms with van der Waals surface area (Å²) in [6.07, 6.45) is -2.06. The van der Waals surface area contributed by atoms with Gasteiger partial charge in [-0.3, -0.25) is 9.20 Å². The number of rotatable bonds is 7. The van der Waals surface area contributed by atoms with Crippen molar-refractivity contribution in [2.45, 2.75) is 50.4 Å². The summed E-state index contributed by atoms with van der Waals surface area (Å²) in [6.45, 7) is 5.30. The van der Waals surface area contributed by atoms with Gasteiger partial charge in [-0.05, 0) is 18.9 Å². The van der Waals surface area contributed by atoms with E-state index in [0.29, 0.717) is 48.7 Å². The summed E-state index contributed by atoms with van der Waals surface area (Å²) in [7, 11) is -4.39. The van der Waals surface area contributed by atoms with Crippen LogP contribution in [0, 0.1) is 5.92 Å². The average molecular weight is 543 g/mol. The summed E-state index contributed by atoms with van der Waals surface area (Å²) in [5, 5.41) is 6.89. The first kappa shape index (κ1) is 21.4. The van der Waals surface area contributed by atoms with E-state index in [-0.39, 0.29) is 40.4 Å². The van der Waals surface area contributed by atoms with E-state index in [1.807, 2.05) is 18.7 Å². The molecule has 5 rings (SSSR count). The molecule has 14 heteroatoms. The predicted molar refractivity (Wildman–Crippen MR) is 131 cm³/mol. The highest BCUT2D eigenvalue weighted by Crippen LogP contribution is 2.34. The Kier molecular flexibility index (Phi) is 5.72. The third kappa shape index (κ3) is 4.68. The largest absolute Gasteiger partial charge is 0.366 e. The van der Waals surface area contributed by atoms with Gasteiger partial charge in [0, 0.05) is 48.4 Å². The minimum Gasteiger partial charge on any atom is -0.366 e. The van der Waals surface area contributed by atoms with E-state index in [9.17, 15) is 22.0 Å². The lowest BCUT2D eigenvalue weighted by atomic mass is 9.94. The van der Waals surface area contributed by atoms with Gasteiger partial charge in [0.25, 0.3) is 6.43 Å². The summed E-state index contributed by atoms with van der Waals surface area (Å²) in [5.41, 5.74) is 0.962. The molecule has 1 N–H and O–H groups in total. The highest BCUT2D eigenvalue weighted by atomic mass is 32.2. The number of nitrogens with one attached hydrogen (secondary N) is 1. The maximum Gasteiger partial charge on any atom is 0.291 e. The molecule has 1 amide bonds. The summed E-state index contributed by atoms with van der Waals surface area (Å²) < 4.78 is 81.2. The zero-order chi connectivity index (χ0) is 28.3. The van der Waals surface area contributed by atoms with Crippen molar-refractivity contribution in [3.8, 4) is 10.8 Å². The predicted octanol–water partition coefficient (Wildman–Crippen LogP) is 2.93. The SMILES string of the molecule is [2H]C1([2H])CCC1([2H])NS(=O)(=O)c1cc(N2CCN(C(=O)C(C)C)CC2)c2cnc(-c3nnc(C(F)F)s3)n2c1.